The molecule has 0 N–H and O–H groups in total. The van der Waals surface area contributed by atoms with Crippen molar-refractivity contribution in [3.8, 4) is 0 Å². The second kappa shape index (κ2) is 5.84. The first-order chi connectivity index (χ1) is 9.49. The molecule has 5 heteroatoms. The van der Waals surface area contributed by atoms with Crippen LogP contribution in [0.2, 0.25) is 5.02 Å². The van der Waals surface area contributed by atoms with Crippen LogP contribution < -0.4 is 0 Å². The number of halogens is 1. The van der Waals surface area contributed by atoms with Crippen LogP contribution >= 0.6 is 11.6 Å². The lowest BCUT2D eigenvalue weighted by molar-refractivity contribution is -0.384. The van der Waals surface area contributed by atoms with E-state index in [9.17, 15) is 14.9 Å². The molecule has 102 valence electrons. The molecule has 0 heterocycles. The molecule has 0 bridgehead atoms. The van der Waals surface area contributed by atoms with E-state index in [2.05, 4.69) is 0 Å². The van der Waals surface area contributed by atoms with Gasteiger partial charge in [0.05, 0.1) is 4.92 Å². The van der Waals surface area contributed by atoms with Crippen molar-refractivity contribution >= 4 is 23.1 Å². The fraction of sp³-hybridized carbons (Fsp3) is 0.133. The SMILES string of the molecule is Cc1cc([N+](=O)[O-])c(Cl)cc1CC(=O)c1ccccc1. The van der Waals surface area contributed by atoms with E-state index < -0.39 is 4.92 Å². The first-order valence-corrected chi connectivity index (χ1v) is 6.38. The summed E-state index contributed by atoms with van der Waals surface area (Å²) in [6, 6.07) is 11.8. The minimum Gasteiger partial charge on any atom is -0.294 e. The summed E-state index contributed by atoms with van der Waals surface area (Å²) in [7, 11) is 0. The third kappa shape index (κ3) is 3.03. The molecule has 0 saturated heterocycles. The number of carbonyl (C=O) groups is 1. The molecule has 4 nitrogen and oxygen atoms in total. The second-order valence-electron chi connectivity index (χ2n) is 4.45. The number of rotatable bonds is 4. The van der Waals surface area contributed by atoms with E-state index in [0.29, 0.717) is 16.7 Å². The molecule has 0 aliphatic rings. The number of nitrogens with zero attached hydrogens (tertiary/aromatic N) is 1. The van der Waals surface area contributed by atoms with Gasteiger partial charge in [0, 0.05) is 18.1 Å². The van der Waals surface area contributed by atoms with Gasteiger partial charge in [0.15, 0.2) is 5.78 Å². The molecule has 0 unspecified atom stereocenters. The van der Waals surface area contributed by atoms with E-state index >= 15 is 0 Å². The van der Waals surface area contributed by atoms with Gasteiger partial charge in [-0.25, -0.2) is 0 Å². The van der Waals surface area contributed by atoms with E-state index in [1.54, 1.807) is 31.2 Å². The summed E-state index contributed by atoms with van der Waals surface area (Å²) >= 11 is 5.87. The molecule has 0 amide bonds. The van der Waals surface area contributed by atoms with E-state index in [-0.39, 0.29) is 22.9 Å². The van der Waals surface area contributed by atoms with Gasteiger partial charge in [-0.3, -0.25) is 14.9 Å². The van der Waals surface area contributed by atoms with E-state index in [0.717, 1.165) is 0 Å². The van der Waals surface area contributed by atoms with Crippen LogP contribution in [0.1, 0.15) is 21.5 Å². The van der Waals surface area contributed by atoms with Crippen molar-refractivity contribution < 1.29 is 9.72 Å². The smallest absolute Gasteiger partial charge is 0.288 e. The summed E-state index contributed by atoms with van der Waals surface area (Å²) in [5, 5.41) is 10.8. The maximum absolute atomic E-state index is 12.1. The molecule has 0 aromatic heterocycles. The average Bonchev–Trinajstić information content (AvgIpc) is 2.43. The Balaban J connectivity index is 2.29. The maximum atomic E-state index is 12.1. The Labute approximate surface area is 121 Å². The second-order valence-corrected chi connectivity index (χ2v) is 4.86. The number of ketones is 1. The van der Waals surface area contributed by atoms with Crippen LogP contribution in [-0.4, -0.2) is 10.7 Å². The Morgan fingerprint density at radius 2 is 1.90 bits per heavy atom. The van der Waals surface area contributed by atoms with Crippen LogP contribution in [0, 0.1) is 17.0 Å². The van der Waals surface area contributed by atoms with Crippen molar-refractivity contribution in [1.82, 2.24) is 0 Å². The molecule has 0 fully saturated rings. The summed E-state index contributed by atoms with van der Waals surface area (Å²) in [6.07, 6.45) is 0.174. The summed E-state index contributed by atoms with van der Waals surface area (Å²) in [5.41, 5.74) is 1.86. The van der Waals surface area contributed by atoms with Crippen LogP contribution in [0.15, 0.2) is 42.5 Å². The highest BCUT2D eigenvalue weighted by molar-refractivity contribution is 6.32. The van der Waals surface area contributed by atoms with Gasteiger partial charge in [0.2, 0.25) is 0 Å². The number of hydrogen-bond donors (Lipinski definition) is 0. The zero-order valence-electron chi connectivity index (χ0n) is 10.8. The van der Waals surface area contributed by atoms with Gasteiger partial charge in [-0.1, -0.05) is 41.9 Å². The maximum Gasteiger partial charge on any atom is 0.288 e. The van der Waals surface area contributed by atoms with Gasteiger partial charge < -0.3 is 0 Å². The Morgan fingerprint density at radius 1 is 1.25 bits per heavy atom. The third-order valence-electron chi connectivity index (χ3n) is 3.05. The largest absolute Gasteiger partial charge is 0.294 e. The lowest BCUT2D eigenvalue weighted by Gasteiger charge is -2.06. The summed E-state index contributed by atoms with van der Waals surface area (Å²) in [4.78, 5) is 22.4. The summed E-state index contributed by atoms with van der Waals surface area (Å²) in [5.74, 6) is -0.0429. The van der Waals surface area contributed by atoms with Gasteiger partial charge in [-0.2, -0.15) is 0 Å². The first-order valence-electron chi connectivity index (χ1n) is 6.00. The molecule has 0 atom stereocenters. The Hall–Kier alpha value is -2.20. The van der Waals surface area contributed by atoms with Gasteiger partial charge in [-0.15, -0.1) is 0 Å². The molecule has 0 aliphatic carbocycles. The van der Waals surface area contributed by atoms with Gasteiger partial charge in [-0.05, 0) is 24.1 Å². The quantitative estimate of drug-likeness (QED) is 0.486. The average molecular weight is 290 g/mol. The molecule has 2 aromatic rings. The Morgan fingerprint density at radius 3 is 2.50 bits per heavy atom. The van der Waals surface area contributed by atoms with Gasteiger partial charge in [0.1, 0.15) is 5.02 Å². The van der Waals surface area contributed by atoms with E-state index in [1.807, 2.05) is 6.07 Å². The molecular weight excluding hydrogens is 278 g/mol. The normalized spacial score (nSPS) is 10.3. The van der Waals surface area contributed by atoms with Crippen LogP contribution in [0.4, 0.5) is 5.69 Å². The minimum absolute atomic E-state index is 0.0429. The lowest BCUT2D eigenvalue weighted by Crippen LogP contribution is -2.05. The molecular formula is C15H12ClNO3. The van der Waals surface area contributed by atoms with Crippen LogP contribution in [-0.2, 0) is 6.42 Å². The molecule has 0 saturated carbocycles. The fourth-order valence-corrected chi connectivity index (χ4v) is 2.19. The number of nitro benzene ring substituents is 1. The van der Waals surface area contributed by atoms with Crippen molar-refractivity contribution in [3.63, 3.8) is 0 Å². The van der Waals surface area contributed by atoms with E-state index in [1.165, 1.54) is 12.1 Å². The molecule has 2 rings (SSSR count). The highest BCUT2D eigenvalue weighted by atomic mass is 35.5. The number of nitro groups is 1. The number of carbonyl (C=O) groups excluding carboxylic acids is 1. The molecule has 20 heavy (non-hydrogen) atoms. The zero-order valence-corrected chi connectivity index (χ0v) is 11.6. The van der Waals surface area contributed by atoms with Crippen LogP contribution in [0.25, 0.3) is 0 Å². The van der Waals surface area contributed by atoms with Crippen molar-refractivity contribution in [2.75, 3.05) is 0 Å². The van der Waals surface area contributed by atoms with E-state index in [4.69, 9.17) is 11.6 Å². The van der Waals surface area contributed by atoms with Crippen molar-refractivity contribution in [1.29, 1.82) is 0 Å². The first kappa shape index (κ1) is 14.2. The fourth-order valence-electron chi connectivity index (χ4n) is 1.94. The lowest BCUT2D eigenvalue weighted by atomic mass is 9.99. The van der Waals surface area contributed by atoms with Crippen LogP contribution in [0.3, 0.4) is 0 Å². The highest BCUT2D eigenvalue weighted by Crippen LogP contribution is 2.28. The third-order valence-corrected chi connectivity index (χ3v) is 3.35. The minimum atomic E-state index is -0.530. The monoisotopic (exact) mass is 289 g/mol. The number of hydrogen-bond acceptors (Lipinski definition) is 3. The number of Topliss-reactive ketones (excluding diaryl/α,β-unsaturated/α-hetero) is 1. The zero-order chi connectivity index (χ0) is 14.7. The molecule has 0 radical (unpaired) electrons. The van der Waals surface area contributed by atoms with Crippen LogP contribution in [0.5, 0.6) is 0 Å². The molecule has 0 aliphatic heterocycles. The standard InChI is InChI=1S/C15H12ClNO3/c1-10-7-14(17(19)20)13(16)8-12(10)9-15(18)11-5-3-2-4-6-11/h2-8H,9H2,1H3. The number of aryl methyl sites for hydroxylation is 1. The van der Waals surface area contributed by atoms with Gasteiger partial charge >= 0.3 is 0 Å². The topological polar surface area (TPSA) is 60.2 Å². The Kier molecular flexibility index (Phi) is 4.15. The summed E-state index contributed by atoms with van der Waals surface area (Å²) < 4.78 is 0. The molecule has 2 aromatic carbocycles. The predicted molar refractivity (Wildman–Crippen MR) is 77.3 cm³/mol. The molecule has 0 spiro atoms. The van der Waals surface area contributed by atoms with Crippen molar-refractivity contribution in [2.24, 2.45) is 0 Å². The highest BCUT2D eigenvalue weighted by Gasteiger charge is 2.16. The number of benzene rings is 2. The van der Waals surface area contributed by atoms with Crippen molar-refractivity contribution in [2.45, 2.75) is 13.3 Å². The van der Waals surface area contributed by atoms with Gasteiger partial charge in [0.25, 0.3) is 5.69 Å². The Bertz CT molecular complexity index is 668. The van der Waals surface area contributed by atoms with Crippen molar-refractivity contribution in [3.05, 3.63) is 74.3 Å². The predicted octanol–water partition coefficient (Wildman–Crippen LogP) is 3.98. The summed E-state index contributed by atoms with van der Waals surface area (Å²) in [6.45, 7) is 1.73.